The SMILES string of the molecule is COc1ccc(CNc2ccncc2N)cn1. The number of methoxy groups -OCH3 is 1. The predicted molar refractivity (Wildman–Crippen MR) is 66.8 cm³/mol. The summed E-state index contributed by atoms with van der Waals surface area (Å²) in [5.41, 5.74) is 8.33. The molecule has 2 aromatic heterocycles. The first kappa shape index (κ1) is 11.2. The molecule has 0 bridgehead atoms. The number of ether oxygens (including phenoxy) is 1. The van der Waals surface area contributed by atoms with E-state index in [1.165, 1.54) is 0 Å². The Labute approximate surface area is 99.7 Å². The van der Waals surface area contributed by atoms with Crippen molar-refractivity contribution in [1.29, 1.82) is 0 Å². The quantitative estimate of drug-likeness (QED) is 0.836. The zero-order chi connectivity index (χ0) is 12.1. The molecule has 0 radical (unpaired) electrons. The smallest absolute Gasteiger partial charge is 0.212 e. The van der Waals surface area contributed by atoms with Crippen LogP contribution in [0.5, 0.6) is 5.88 Å². The lowest BCUT2D eigenvalue weighted by Crippen LogP contribution is -2.03. The van der Waals surface area contributed by atoms with E-state index in [1.807, 2.05) is 18.2 Å². The zero-order valence-corrected chi connectivity index (χ0v) is 9.55. The highest BCUT2D eigenvalue weighted by Gasteiger charge is 1.99. The summed E-state index contributed by atoms with van der Waals surface area (Å²) in [6, 6.07) is 5.62. The topological polar surface area (TPSA) is 73.1 Å². The summed E-state index contributed by atoms with van der Waals surface area (Å²) < 4.78 is 4.99. The number of hydrogen-bond donors (Lipinski definition) is 2. The van der Waals surface area contributed by atoms with Gasteiger partial charge in [0.05, 0.1) is 24.7 Å². The van der Waals surface area contributed by atoms with Crippen LogP contribution in [0.25, 0.3) is 0 Å². The Kier molecular flexibility index (Phi) is 3.40. The second-order valence-corrected chi connectivity index (χ2v) is 3.53. The van der Waals surface area contributed by atoms with Gasteiger partial charge in [-0.05, 0) is 11.6 Å². The summed E-state index contributed by atoms with van der Waals surface area (Å²) in [4.78, 5) is 8.05. The molecule has 88 valence electrons. The van der Waals surface area contributed by atoms with Gasteiger partial charge in [0.15, 0.2) is 0 Å². The van der Waals surface area contributed by atoms with Gasteiger partial charge in [0.1, 0.15) is 0 Å². The molecular weight excluding hydrogens is 216 g/mol. The summed E-state index contributed by atoms with van der Waals surface area (Å²) in [6.07, 6.45) is 5.09. The molecule has 2 rings (SSSR count). The van der Waals surface area contributed by atoms with E-state index in [2.05, 4.69) is 15.3 Å². The summed E-state index contributed by atoms with van der Waals surface area (Å²) in [5, 5.41) is 3.22. The third-order valence-electron chi connectivity index (χ3n) is 2.34. The maximum absolute atomic E-state index is 5.77. The van der Waals surface area contributed by atoms with Crippen LogP contribution in [0, 0.1) is 0 Å². The second kappa shape index (κ2) is 5.16. The van der Waals surface area contributed by atoms with Crippen molar-refractivity contribution in [3.05, 3.63) is 42.4 Å². The number of nitrogens with zero attached hydrogens (tertiary/aromatic N) is 2. The number of nitrogen functional groups attached to an aromatic ring is 1. The van der Waals surface area contributed by atoms with Crippen LogP contribution >= 0.6 is 0 Å². The van der Waals surface area contributed by atoms with Crippen LogP contribution in [0.2, 0.25) is 0 Å². The molecule has 0 saturated carbocycles. The Hall–Kier alpha value is -2.30. The van der Waals surface area contributed by atoms with Crippen molar-refractivity contribution in [1.82, 2.24) is 9.97 Å². The second-order valence-electron chi connectivity index (χ2n) is 3.53. The van der Waals surface area contributed by atoms with E-state index in [4.69, 9.17) is 10.5 Å². The molecular formula is C12H14N4O. The highest BCUT2D eigenvalue weighted by molar-refractivity contribution is 5.64. The first-order valence-electron chi connectivity index (χ1n) is 5.22. The Balaban J connectivity index is 2.00. The molecule has 5 heteroatoms. The lowest BCUT2D eigenvalue weighted by atomic mass is 10.2. The normalized spacial score (nSPS) is 9.94. The fourth-order valence-electron chi connectivity index (χ4n) is 1.40. The van der Waals surface area contributed by atoms with Crippen LogP contribution in [0.1, 0.15) is 5.56 Å². The van der Waals surface area contributed by atoms with Crippen LogP contribution in [-0.2, 0) is 6.54 Å². The molecule has 0 aliphatic carbocycles. The van der Waals surface area contributed by atoms with E-state index < -0.39 is 0 Å². The van der Waals surface area contributed by atoms with Crippen LogP contribution in [0.3, 0.4) is 0 Å². The molecule has 0 amide bonds. The Morgan fingerprint density at radius 2 is 2.18 bits per heavy atom. The van der Waals surface area contributed by atoms with E-state index >= 15 is 0 Å². The van der Waals surface area contributed by atoms with Crippen molar-refractivity contribution in [2.75, 3.05) is 18.2 Å². The lowest BCUT2D eigenvalue weighted by Gasteiger charge is -2.08. The average molecular weight is 230 g/mol. The fraction of sp³-hybridized carbons (Fsp3) is 0.167. The molecule has 0 aliphatic rings. The summed E-state index contributed by atoms with van der Waals surface area (Å²) >= 11 is 0. The van der Waals surface area contributed by atoms with E-state index in [9.17, 15) is 0 Å². The average Bonchev–Trinajstić information content (AvgIpc) is 2.38. The largest absolute Gasteiger partial charge is 0.481 e. The van der Waals surface area contributed by atoms with Gasteiger partial charge in [-0.2, -0.15) is 0 Å². The fourth-order valence-corrected chi connectivity index (χ4v) is 1.40. The molecule has 0 saturated heterocycles. The molecule has 0 unspecified atom stereocenters. The van der Waals surface area contributed by atoms with Crippen LogP contribution in [0.15, 0.2) is 36.8 Å². The third kappa shape index (κ3) is 2.84. The molecule has 2 aromatic rings. The number of nitrogens with one attached hydrogen (secondary N) is 1. The van der Waals surface area contributed by atoms with Gasteiger partial charge in [0.25, 0.3) is 0 Å². The molecule has 2 heterocycles. The summed E-state index contributed by atoms with van der Waals surface area (Å²) in [7, 11) is 1.60. The minimum Gasteiger partial charge on any atom is -0.481 e. The highest BCUT2D eigenvalue weighted by Crippen LogP contribution is 2.16. The zero-order valence-electron chi connectivity index (χ0n) is 9.55. The van der Waals surface area contributed by atoms with Gasteiger partial charge >= 0.3 is 0 Å². The Bertz CT molecular complexity index is 484. The van der Waals surface area contributed by atoms with Crippen molar-refractivity contribution >= 4 is 11.4 Å². The minimum absolute atomic E-state index is 0.608. The summed E-state index contributed by atoms with van der Waals surface area (Å²) in [5.74, 6) is 0.608. The number of aromatic nitrogens is 2. The molecule has 0 aromatic carbocycles. The first-order chi connectivity index (χ1) is 8.29. The number of hydrogen-bond acceptors (Lipinski definition) is 5. The number of pyridine rings is 2. The summed E-state index contributed by atoms with van der Waals surface area (Å²) in [6.45, 7) is 0.658. The van der Waals surface area contributed by atoms with Crippen LogP contribution in [0.4, 0.5) is 11.4 Å². The molecule has 0 spiro atoms. The van der Waals surface area contributed by atoms with E-state index in [1.54, 1.807) is 25.7 Å². The number of nitrogens with two attached hydrogens (primary N) is 1. The van der Waals surface area contributed by atoms with E-state index in [0.717, 1.165) is 11.3 Å². The van der Waals surface area contributed by atoms with Gasteiger partial charge in [-0.3, -0.25) is 4.98 Å². The van der Waals surface area contributed by atoms with Gasteiger partial charge in [-0.15, -0.1) is 0 Å². The number of anilines is 2. The van der Waals surface area contributed by atoms with Gasteiger partial charge in [0, 0.05) is 25.0 Å². The standard InChI is InChI=1S/C12H14N4O/c1-17-12-3-2-9(7-16-12)6-15-11-4-5-14-8-10(11)13/h2-5,7-8H,6,13H2,1H3,(H,14,15). The van der Waals surface area contributed by atoms with Gasteiger partial charge < -0.3 is 15.8 Å². The molecule has 5 nitrogen and oxygen atoms in total. The monoisotopic (exact) mass is 230 g/mol. The first-order valence-corrected chi connectivity index (χ1v) is 5.22. The van der Waals surface area contributed by atoms with Gasteiger partial charge in [-0.25, -0.2) is 4.98 Å². The Morgan fingerprint density at radius 3 is 2.82 bits per heavy atom. The molecule has 0 fully saturated rings. The van der Waals surface area contributed by atoms with Crippen molar-refractivity contribution in [2.24, 2.45) is 0 Å². The minimum atomic E-state index is 0.608. The van der Waals surface area contributed by atoms with Crippen LogP contribution < -0.4 is 15.8 Å². The van der Waals surface area contributed by atoms with Gasteiger partial charge in [0.2, 0.25) is 5.88 Å². The van der Waals surface area contributed by atoms with E-state index in [-0.39, 0.29) is 0 Å². The molecule has 0 atom stereocenters. The number of rotatable bonds is 4. The lowest BCUT2D eigenvalue weighted by molar-refractivity contribution is 0.397. The predicted octanol–water partition coefficient (Wildman–Crippen LogP) is 1.68. The molecule has 0 aliphatic heterocycles. The molecule has 17 heavy (non-hydrogen) atoms. The van der Waals surface area contributed by atoms with E-state index in [0.29, 0.717) is 18.1 Å². The van der Waals surface area contributed by atoms with Crippen LogP contribution in [-0.4, -0.2) is 17.1 Å². The van der Waals surface area contributed by atoms with Crippen molar-refractivity contribution in [3.63, 3.8) is 0 Å². The Morgan fingerprint density at radius 1 is 1.29 bits per heavy atom. The van der Waals surface area contributed by atoms with Crippen molar-refractivity contribution in [3.8, 4) is 5.88 Å². The van der Waals surface area contributed by atoms with Crippen molar-refractivity contribution in [2.45, 2.75) is 6.54 Å². The highest BCUT2D eigenvalue weighted by atomic mass is 16.5. The maximum atomic E-state index is 5.77. The maximum Gasteiger partial charge on any atom is 0.212 e. The third-order valence-corrected chi connectivity index (χ3v) is 2.34. The molecule has 3 N–H and O–H groups in total. The van der Waals surface area contributed by atoms with Crippen molar-refractivity contribution < 1.29 is 4.74 Å². The van der Waals surface area contributed by atoms with Gasteiger partial charge in [-0.1, -0.05) is 6.07 Å².